The van der Waals surface area contributed by atoms with Gasteiger partial charge < -0.3 is 5.32 Å². The third-order valence-corrected chi connectivity index (χ3v) is 3.51. The molecule has 0 aliphatic carbocycles. The van der Waals surface area contributed by atoms with Crippen molar-refractivity contribution >= 4 is 33.3 Å². The van der Waals surface area contributed by atoms with E-state index < -0.39 is 0 Å². The number of hydrogen-bond donors (Lipinski definition) is 1. The number of nitrogens with zero attached hydrogens (tertiary/aromatic N) is 1. The number of benzene rings is 1. The van der Waals surface area contributed by atoms with Crippen LogP contribution < -0.4 is 5.32 Å². The van der Waals surface area contributed by atoms with Gasteiger partial charge in [-0.1, -0.05) is 45.7 Å². The molecule has 2 nitrogen and oxygen atoms in total. The van der Waals surface area contributed by atoms with E-state index in [2.05, 4.69) is 51.4 Å². The predicted octanol–water partition coefficient (Wildman–Crippen LogP) is 4.42. The third kappa shape index (κ3) is 3.45. The van der Waals surface area contributed by atoms with Crippen molar-refractivity contribution in [3.05, 3.63) is 57.2 Å². The minimum atomic E-state index is 0.502. The summed E-state index contributed by atoms with van der Waals surface area (Å²) in [5, 5.41) is 3.74. The van der Waals surface area contributed by atoms with E-state index in [0.717, 1.165) is 16.8 Å². The fourth-order valence-corrected chi connectivity index (χ4v) is 1.93. The molecule has 0 unspecified atom stereocenters. The van der Waals surface area contributed by atoms with Gasteiger partial charge in [-0.2, -0.15) is 0 Å². The van der Waals surface area contributed by atoms with Crippen molar-refractivity contribution in [2.75, 3.05) is 5.32 Å². The first-order valence-corrected chi connectivity index (χ1v) is 6.44. The second kappa shape index (κ2) is 5.52. The van der Waals surface area contributed by atoms with Gasteiger partial charge >= 0.3 is 0 Å². The Morgan fingerprint density at radius 1 is 1.29 bits per heavy atom. The fourth-order valence-electron chi connectivity index (χ4n) is 1.52. The molecule has 0 radical (unpaired) electrons. The van der Waals surface area contributed by atoms with Gasteiger partial charge in [-0.25, -0.2) is 4.98 Å². The normalized spacial score (nSPS) is 10.3. The Kier molecular flexibility index (Phi) is 4.02. The SMILES string of the molecule is Cc1cc(CNc2cccc(Cl)n2)ccc1Br. The highest BCUT2D eigenvalue weighted by Gasteiger charge is 1.99. The molecule has 0 bridgehead atoms. The summed E-state index contributed by atoms with van der Waals surface area (Å²) in [6, 6.07) is 11.8. The molecule has 2 rings (SSSR count). The molecule has 0 atom stereocenters. The zero-order chi connectivity index (χ0) is 12.3. The van der Waals surface area contributed by atoms with Crippen LogP contribution in [0.5, 0.6) is 0 Å². The molecule has 4 heteroatoms. The zero-order valence-electron chi connectivity index (χ0n) is 9.37. The first-order valence-electron chi connectivity index (χ1n) is 5.26. The van der Waals surface area contributed by atoms with Crippen LogP contribution in [-0.2, 0) is 6.54 Å². The summed E-state index contributed by atoms with van der Waals surface area (Å²) in [6.07, 6.45) is 0. The minimum absolute atomic E-state index is 0.502. The van der Waals surface area contributed by atoms with Crippen molar-refractivity contribution in [3.63, 3.8) is 0 Å². The van der Waals surface area contributed by atoms with Crippen molar-refractivity contribution in [1.82, 2.24) is 4.98 Å². The first kappa shape index (κ1) is 12.4. The maximum absolute atomic E-state index is 5.82. The fraction of sp³-hybridized carbons (Fsp3) is 0.154. The number of aryl methyl sites for hydroxylation is 1. The van der Waals surface area contributed by atoms with Crippen molar-refractivity contribution in [2.24, 2.45) is 0 Å². The Hall–Kier alpha value is -1.06. The van der Waals surface area contributed by atoms with E-state index in [0.29, 0.717) is 5.15 Å². The minimum Gasteiger partial charge on any atom is -0.366 e. The van der Waals surface area contributed by atoms with Crippen LogP contribution in [0.1, 0.15) is 11.1 Å². The van der Waals surface area contributed by atoms with E-state index in [1.54, 1.807) is 6.07 Å². The van der Waals surface area contributed by atoms with Crippen molar-refractivity contribution in [3.8, 4) is 0 Å². The molecule has 2 aromatic rings. The highest BCUT2D eigenvalue weighted by atomic mass is 79.9. The van der Waals surface area contributed by atoms with Crippen molar-refractivity contribution < 1.29 is 0 Å². The molecule has 88 valence electrons. The largest absolute Gasteiger partial charge is 0.366 e. The lowest BCUT2D eigenvalue weighted by atomic mass is 10.1. The van der Waals surface area contributed by atoms with Gasteiger partial charge in [0.1, 0.15) is 11.0 Å². The molecule has 1 N–H and O–H groups in total. The molecule has 1 aromatic carbocycles. The first-order chi connectivity index (χ1) is 8.15. The Labute approximate surface area is 114 Å². The summed E-state index contributed by atoms with van der Waals surface area (Å²) < 4.78 is 1.13. The molecular formula is C13H12BrClN2. The number of hydrogen-bond acceptors (Lipinski definition) is 2. The smallest absolute Gasteiger partial charge is 0.131 e. The molecule has 0 aliphatic heterocycles. The monoisotopic (exact) mass is 310 g/mol. The summed E-state index contributed by atoms with van der Waals surface area (Å²) in [5.74, 6) is 0.790. The van der Waals surface area contributed by atoms with Crippen LogP contribution in [0.2, 0.25) is 5.15 Å². The van der Waals surface area contributed by atoms with E-state index in [1.807, 2.05) is 12.1 Å². The molecule has 0 saturated carbocycles. The van der Waals surface area contributed by atoms with Crippen LogP contribution in [-0.4, -0.2) is 4.98 Å². The Morgan fingerprint density at radius 3 is 2.82 bits per heavy atom. The van der Waals surface area contributed by atoms with E-state index in [-0.39, 0.29) is 0 Å². The van der Waals surface area contributed by atoms with E-state index in [4.69, 9.17) is 11.6 Å². The second-order valence-corrected chi connectivity index (χ2v) is 5.02. The lowest BCUT2D eigenvalue weighted by Crippen LogP contribution is -2.01. The molecule has 17 heavy (non-hydrogen) atoms. The molecule has 0 fully saturated rings. The van der Waals surface area contributed by atoms with Crippen LogP contribution in [0, 0.1) is 6.92 Å². The van der Waals surface area contributed by atoms with Crippen LogP contribution in [0.15, 0.2) is 40.9 Å². The summed E-state index contributed by atoms with van der Waals surface area (Å²) in [7, 11) is 0. The zero-order valence-corrected chi connectivity index (χ0v) is 11.7. The van der Waals surface area contributed by atoms with Gasteiger partial charge in [-0.3, -0.25) is 0 Å². The number of nitrogens with one attached hydrogen (secondary N) is 1. The lowest BCUT2D eigenvalue weighted by molar-refractivity contribution is 1.10. The average molecular weight is 312 g/mol. The average Bonchev–Trinajstić information content (AvgIpc) is 2.31. The predicted molar refractivity (Wildman–Crippen MR) is 75.5 cm³/mol. The number of pyridine rings is 1. The van der Waals surface area contributed by atoms with E-state index in [9.17, 15) is 0 Å². The Morgan fingerprint density at radius 2 is 2.12 bits per heavy atom. The van der Waals surface area contributed by atoms with E-state index >= 15 is 0 Å². The highest BCUT2D eigenvalue weighted by Crippen LogP contribution is 2.18. The topological polar surface area (TPSA) is 24.9 Å². The van der Waals surface area contributed by atoms with Crippen molar-refractivity contribution in [2.45, 2.75) is 13.5 Å². The summed E-state index contributed by atoms with van der Waals surface area (Å²) in [4.78, 5) is 4.17. The lowest BCUT2D eigenvalue weighted by Gasteiger charge is -2.07. The number of aromatic nitrogens is 1. The highest BCUT2D eigenvalue weighted by molar-refractivity contribution is 9.10. The molecule has 0 amide bonds. The molecule has 0 spiro atoms. The van der Waals surface area contributed by atoms with Crippen molar-refractivity contribution in [1.29, 1.82) is 0 Å². The van der Waals surface area contributed by atoms with Gasteiger partial charge in [0.05, 0.1) is 0 Å². The Bertz CT molecular complexity index is 529. The van der Waals surface area contributed by atoms with Gasteiger partial charge in [-0.15, -0.1) is 0 Å². The van der Waals surface area contributed by atoms with Gasteiger partial charge in [0.15, 0.2) is 0 Å². The van der Waals surface area contributed by atoms with Crippen LogP contribution in [0.25, 0.3) is 0 Å². The maximum atomic E-state index is 5.82. The second-order valence-electron chi connectivity index (χ2n) is 3.78. The molecular weight excluding hydrogens is 300 g/mol. The molecule has 0 aliphatic rings. The summed E-state index contributed by atoms with van der Waals surface area (Å²) in [5.41, 5.74) is 2.44. The maximum Gasteiger partial charge on any atom is 0.131 e. The number of rotatable bonds is 3. The summed E-state index contributed by atoms with van der Waals surface area (Å²) in [6.45, 7) is 2.81. The van der Waals surface area contributed by atoms with Crippen LogP contribution in [0.3, 0.4) is 0 Å². The Balaban J connectivity index is 2.05. The van der Waals surface area contributed by atoms with Crippen LogP contribution in [0.4, 0.5) is 5.82 Å². The number of halogens is 2. The number of anilines is 1. The third-order valence-electron chi connectivity index (χ3n) is 2.41. The van der Waals surface area contributed by atoms with Gasteiger partial charge in [0, 0.05) is 11.0 Å². The van der Waals surface area contributed by atoms with Crippen LogP contribution >= 0.6 is 27.5 Å². The summed E-state index contributed by atoms with van der Waals surface area (Å²) >= 11 is 9.30. The molecule has 1 heterocycles. The van der Waals surface area contributed by atoms with Gasteiger partial charge in [0.25, 0.3) is 0 Å². The standard InChI is InChI=1S/C13H12BrClN2/c1-9-7-10(5-6-11(9)14)8-16-13-4-2-3-12(15)17-13/h2-7H,8H2,1H3,(H,16,17). The quantitative estimate of drug-likeness (QED) is 0.849. The van der Waals surface area contributed by atoms with Gasteiger partial charge in [-0.05, 0) is 36.2 Å². The molecule has 1 aromatic heterocycles. The molecule has 0 saturated heterocycles. The van der Waals surface area contributed by atoms with E-state index in [1.165, 1.54) is 11.1 Å². The van der Waals surface area contributed by atoms with Gasteiger partial charge in [0.2, 0.25) is 0 Å².